The van der Waals surface area contributed by atoms with Gasteiger partial charge < -0.3 is 0 Å². The number of hydrogen-bond donors (Lipinski definition) is 0. The number of thioether (sulfide) groups is 4. The third-order valence-electron chi connectivity index (χ3n) is 3.15. The van der Waals surface area contributed by atoms with Crippen LogP contribution in [0.5, 0.6) is 0 Å². The van der Waals surface area contributed by atoms with Gasteiger partial charge in [0.25, 0.3) is 0 Å². The van der Waals surface area contributed by atoms with E-state index in [1.54, 1.807) is 14.3 Å². The van der Waals surface area contributed by atoms with Crippen LogP contribution in [0.1, 0.15) is 12.8 Å². The van der Waals surface area contributed by atoms with Gasteiger partial charge in [0.15, 0.2) is 0 Å². The molecule has 28 heavy (non-hydrogen) atoms. The molecule has 0 fully saturated rings. The van der Waals surface area contributed by atoms with E-state index in [0.717, 1.165) is 11.5 Å². The van der Waals surface area contributed by atoms with E-state index in [1.165, 1.54) is 21.8 Å². The van der Waals surface area contributed by atoms with Crippen molar-refractivity contribution < 1.29 is 19.1 Å². The SMILES string of the molecule is COC(=O)CCSC1=C(SC)[Se]/C(=C2\[Se]C(SC)=C(SCCC(=O)OC)[Se]2)[Se]1. The molecule has 2 aliphatic heterocycles. The van der Waals surface area contributed by atoms with Gasteiger partial charge in [0.05, 0.1) is 0 Å². The fourth-order valence-corrected chi connectivity index (χ4v) is 27.1. The average Bonchev–Trinajstić information content (AvgIpc) is 3.31. The number of rotatable bonds is 10. The summed E-state index contributed by atoms with van der Waals surface area (Å²) in [6.45, 7) is 0. The number of carbonyl (C=O) groups excluding carboxylic acids is 2. The van der Waals surface area contributed by atoms with Crippen molar-refractivity contribution in [2.45, 2.75) is 12.8 Å². The van der Waals surface area contributed by atoms with Gasteiger partial charge >= 0.3 is 211 Å². The standard InChI is InChI=1S/C16H20O4S4Se4/c1-19-9(17)5-7-23-13-11(21-3)25-15(27-13)16-26-12(22-4)14(28-16)24-8-6-10(18)20-2/h5-8H2,1-4H3/b16-15-. The van der Waals surface area contributed by atoms with Gasteiger partial charge in [-0.3, -0.25) is 0 Å². The number of carbonyl (C=O) groups is 2. The molecule has 0 atom stereocenters. The van der Waals surface area contributed by atoms with Crippen LogP contribution in [0.2, 0.25) is 0 Å². The Balaban J connectivity index is 1.95. The zero-order chi connectivity index (χ0) is 20.5. The molecule has 0 N–H and O–H groups in total. The monoisotopic (exact) mass is 724 g/mol. The Kier molecular flexibility index (Phi) is 12.9. The van der Waals surface area contributed by atoms with Gasteiger partial charge in [0.2, 0.25) is 0 Å². The molecule has 0 radical (unpaired) electrons. The Morgan fingerprint density at radius 1 is 0.714 bits per heavy atom. The van der Waals surface area contributed by atoms with E-state index in [9.17, 15) is 9.59 Å². The maximum atomic E-state index is 11.4. The molecule has 0 amide bonds. The van der Waals surface area contributed by atoms with Crippen molar-refractivity contribution in [1.29, 1.82) is 0 Å². The molecule has 156 valence electrons. The third-order valence-corrected chi connectivity index (χ3v) is 26.9. The molecule has 4 nitrogen and oxygen atoms in total. The molecular formula is C16H20O4S4Se4. The molecule has 2 rings (SSSR count). The summed E-state index contributed by atoms with van der Waals surface area (Å²) in [6.07, 6.45) is 5.31. The summed E-state index contributed by atoms with van der Waals surface area (Å²) in [4.78, 5) is 22.7. The van der Waals surface area contributed by atoms with Crippen LogP contribution in [0.25, 0.3) is 0 Å². The van der Waals surface area contributed by atoms with E-state index in [4.69, 9.17) is 9.47 Å². The Labute approximate surface area is 208 Å². The van der Waals surface area contributed by atoms with E-state index < -0.39 is 0 Å². The van der Waals surface area contributed by atoms with Crippen molar-refractivity contribution >= 4 is 119 Å². The van der Waals surface area contributed by atoms with E-state index in [1.807, 2.05) is 47.0 Å². The molecule has 0 bridgehead atoms. The van der Waals surface area contributed by atoms with Gasteiger partial charge in [-0.15, -0.1) is 0 Å². The Morgan fingerprint density at radius 3 is 1.39 bits per heavy atom. The zero-order valence-electron chi connectivity index (χ0n) is 15.7. The van der Waals surface area contributed by atoms with Gasteiger partial charge in [-0.1, -0.05) is 0 Å². The summed E-state index contributed by atoms with van der Waals surface area (Å²) in [5, 5.41) is 0. The zero-order valence-corrected chi connectivity index (χ0v) is 25.8. The predicted octanol–water partition coefficient (Wildman–Crippen LogP) is 2.53. The van der Waals surface area contributed by atoms with Crippen LogP contribution in [0.3, 0.4) is 0 Å². The van der Waals surface area contributed by atoms with Crippen molar-refractivity contribution in [2.75, 3.05) is 38.2 Å². The number of hydrogen-bond acceptors (Lipinski definition) is 8. The molecule has 0 aromatic heterocycles. The van der Waals surface area contributed by atoms with Gasteiger partial charge in [-0.25, -0.2) is 0 Å². The first kappa shape index (κ1) is 25.9. The Bertz CT molecular complexity index is 651. The van der Waals surface area contributed by atoms with Crippen molar-refractivity contribution in [3.63, 3.8) is 0 Å². The number of esters is 2. The number of ether oxygens (including phenoxy) is 2. The molecule has 0 aromatic carbocycles. The molecule has 0 unspecified atom stereocenters. The fourth-order valence-electron chi connectivity index (χ4n) is 1.80. The first-order valence-corrected chi connectivity index (χ1v) is 19.2. The molecule has 12 heteroatoms. The molecular weight excluding hydrogens is 700 g/mol. The summed E-state index contributed by atoms with van der Waals surface area (Å²) >= 11 is 9.25. The van der Waals surface area contributed by atoms with Crippen LogP contribution in [-0.4, -0.2) is 110 Å². The van der Waals surface area contributed by atoms with Crippen LogP contribution in [0, 0.1) is 0 Å². The molecule has 2 aliphatic rings. The molecule has 0 aromatic rings. The fraction of sp³-hybridized carbons (Fsp3) is 0.500. The van der Waals surface area contributed by atoms with Crippen molar-refractivity contribution in [3.05, 3.63) is 22.0 Å². The van der Waals surface area contributed by atoms with Crippen LogP contribution in [-0.2, 0) is 19.1 Å². The summed E-state index contributed by atoms with van der Waals surface area (Å²) < 4.78 is 19.1. The normalized spacial score (nSPS) is 19.6. The van der Waals surface area contributed by atoms with Crippen LogP contribution in [0.15, 0.2) is 22.0 Å². The van der Waals surface area contributed by atoms with Gasteiger partial charge in [0, 0.05) is 0 Å². The van der Waals surface area contributed by atoms with Gasteiger partial charge in [0.1, 0.15) is 0 Å². The Hall–Kier alpha value is 1.64. The van der Waals surface area contributed by atoms with E-state index in [2.05, 4.69) is 12.5 Å². The second kappa shape index (κ2) is 13.9. The molecule has 2 heterocycles. The van der Waals surface area contributed by atoms with Crippen LogP contribution >= 0.6 is 47.0 Å². The second-order valence-electron chi connectivity index (χ2n) is 4.89. The topological polar surface area (TPSA) is 52.6 Å². The quantitative estimate of drug-likeness (QED) is 0.253. The van der Waals surface area contributed by atoms with E-state index >= 15 is 0 Å². The Morgan fingerprint density at radius 2 is 1.07 bits per heavy atom. The summed E-state index contributed by atoms with van der Waals surface area (Å²) in [7, 11) is 2.90. The summed E-state index contributed by atoms with van der Waals surface area (Å²) in [5.41, 5.74) is 0. The van der Waals surface area contributed by atoms with E-state index in [-0.39, 0.29) is 11.9 Å². The van der Waals surface area contributed by atoms with Crippen LogP contribution in [0.4, 0.5) is 0 Å². The molecule has 0 aliphatic carbocycles. The van der Waals surface area contributed by atoms with E-state index in [0.29, 0.717) is 72.7 Å². The average molecular weight is 720 g/mol. The summed E-state index contributed by atoms with van der Waals surface area (Å²) in [5.74, 6) is 1.37. The predicted molar refractivity (Wildman–Crippen MR) is 129 cm³/mol. The van der Waals surface area contributed by atoms with Crippen molar-refractivity contribution in [1.82, 2.24) is 0 Å². The van der Waals surface area contributed by atoms with Crippen molar-refractivity contribution in [3.8, 4) is 0 Å². The first-order chi connectivity index (χ1) is 13.5. The minimum absolute atomic E-state index is 0.127. The number of methoxy groups -OCH3 is 2. The van der Waals surface area contributed by atoms with Gasteiger partial charge in [-0.05, 0) is 0 Å². The summed E-state index contributed by atoms with van der Waals surface area (Å²) in [6, 6.07) is 0. The van der Waals surface area contributed by atoms with Crippen LogP contribution < -0.4 is 0 Å². The minimum atomic E-state index is -0.127. The van der Waals surface area contributed by atoms with Gasteiger partial charge in [-0.2, -0.15) is 0 Å². The van der Waals surface area contributed by atoms with Crippen molar-refractivity contribution in [2.24, 2.45) is 0 Å². The third kappa shape index (κ3) is 7.96. The molecule has 0 saturated heterocycles. The second-order valence-corrected chi connectivity index (χ2v) is 22.3. The first-order valence-electron chi connectivity index (χ1n) is 7.93. The molecule has 0 spiro atoms. The molecule has 0 saturated carbocycles. The maximum absolute atomic E-state index is 11.4.